The molecule has 0 aliphatic carbocycles. The molecule has 0 bridgehead atoms. The first-order valence-electron chi connectivity index (χ1n) is 3.49. The molecule has 0 spiro atoms. The van der Waals surface area contributed by atoms with Gasteiger partial charge < -0.3 is 17.2 Å². The molecule has 0 aliphatic heterocycles. The SMILES string of the molecule is NC(N)=NS(=O)(=O)c1ccc(N)nc1. The molecule has 1 heterocycles. The van der Waals surface area contributed by atoms with Gasteiger partial charge in [-0.2, -0.15) is 8.42 Å². The molecule has 1 aromatic rings. The van der Waals surface area contributed by atoms with Gasteiger partial charge in [0.1, 0.15) is 10.7 Å². The van der Waals surface area contributed by atoms with Crippen molar-refractivity contribution in [2.45, 2.75) is 4.90 Å². The Morgan fingerprint density at radius 3 is 2.43 bits per heavy atom. The van der Waals surface area contributed by atoms with Crippen LogP contribution in [0, 0.1) is 0 Å². The Hall–Kier alpha value is -1.83. The maximum absolute atomic E-state index is 11.3. The van der Waals surface area contributed by atoms with E-state index in [1.165, 1.54) is 12.1 Å². The monoisotopic (exact) mass is 215 g/mol. The summed E-state index contributed by atoms with van der Waals surface area (Å²) >= 11 is 0. The van der Waals surface area contributed by atoms with E-state index in [9.17, 15) is 8.42 Å². The van der Waals surface area contributed by atoms with Gasteiger partial charge in [-0.3, -0.25) is 0 Å². The number of hydrogen-bond donors (Lipinski definition) is 3. The van der Waals surface area contributed by atoms with Crippen molar-refractivity contribution in [3.05, 3.63) is 18.3 Å². The number of nitrogen functional groups attached to an aromatic ring is 1. The Balaban J connectivity index is 3.18. The maximum Gasteiger partial charge on any atom is 0.287 e. The minimum atomic E-state index is -3.86. The van der Waals surface area contributed by atoms with Gasteiger partial charge in [0.05, 0.1) is 0 Å². The van der Waals surface area contributed by atoms with Crippen LogP contribution >= 0.6 is 0 Å². The lowest BCUT2D eigenvalue weighted by Gasteiger charge is -1.98. The summed E-state index contributed by atoms with van der Waals surface area (Å²) in [6.07, 6.45) is 1.08. The Morgan fingerprint density at radius 2 is 2.00 bits per heavy atom. The second kappa shape index (κ2) is 3.50. The van der Waals surface area contributed by atoms with Gasteiger partial charge in [0, 0.05) is 6.20 Å². The molecule has 0 aliphatic rings. The molecular weight excluding hydrogens is 206 g/mol. The summed E-state index contributed by atoms with van der Waals surface area (Å²) in [7, 11) is -3.86. The minimum absolute atomic E-state index is 0.111. The predicted molar refractivity (Wildman–Crippen MR) is 51.6 cm³/mol. The Morgan fingerprint density at radius 1 is 1.36 bits per heavy atom. The van der Waals surface area contributed by atoms with E-state index >= 15 is 0 Å². The Bertz CT molecular complexity index is 446. The van der Waals surface area contributed by atoms with E-state index in [1.807, 2.05) is 0 Å². The standard InChI is InChI=1S/C6H9N5O2S/c7-5-2-1-4(3-10-5)14(12,13)11-6(8)9/h1-3H,(H2,7,10)(H4,8,9,11). The number of aromatic nitrogens is 1. The molecule has 0 fully saturated rings. The number of guanidine groups is 1. The van der Waals surface area contributed by atoms with E-state index in [4.69, 9.17) is 17.2 Å². The molecule has 14 heavy (non-hydrogen) atoms. The number of hydrogen-bond acceptors (Lipinski definition) is 4. The summed E-state index contributed by atoms with van der Waals surface area (Å²) in [5.41, 5.74) is 15.2. The van der Waals surface area contributed by atoms with Crippen LogP contribution in [0.25, 0.3) is 0 Å². The molecule has 0 amide bonds. The highest BCUT2D eigenvalue weighted by atomic mass is 32.2. The van der Waals surface area contributed by atoms with E-state index in [0.29, 0.717) is 0 Å². The molecule has 76 valence electrons. The van der Waals surface area contributed by atoms with Crippen molar-refractivity contribution in [1.29, 1.82) is 0 Å². The topological polar surface area (TPSA) is 137 Å². The van der Waals surface area contributed by atoms with Crippen molar-refractivity contribution in [1.82, 2.24) is 4.98 Å². The van der Waals surface area contributed by atoms with Crippen LogP contribution in [0.15, 0.2) is 27.6 Å². The third-order valence-corrected chi connectivity index (χ3v) is 2.57. The minimum Gasteiger partial charge on any atom is -0.384 e. The summed E-state index contributed by atoms with van der Waals surface area (Å²) in [5, 5.41) is 0. The number of anilines is 1. The molecule has 0 saturated heterocycles. The number of nitrogens with two attached hydrogens (primary N) is 3. The lowest BCUT2D eigenvalue weighted by Crippen LogP contribution is -2.24. The molecule has 1 aromatic heterocycles. The van der Waals surface area contributed by atoms with E-state index < -0.39 is 16.0 Å². The summed E-state index contributed by atoms with van der Waals surface area (Å²) in [6.45, 7) is 0. The van der Waals surface area contributed by atoms with Gasteiger partial charge in [-0.1, -0.05) is 0 Å². The zero-order valence-electron chi connectivity index (χ0n) is 7.08. The van der Waals surface area contributed by atoms with Crippen LogP contribution in [0.4, 0.5) is 5.82 Å². The van der Waals surface area contributed by atoms with E-state index in [0.717, 1.165) is 6.20 Å². The molecular formula is C6H9N5O2S. The first kappa shape index (κ1) is 10.3. The first-order chi connectivity index (χ1) is 6.42. The molecule has 1 rings (SSSR count). The molecule has 0 atom stereocenters. The number of pyridine rings is 1. The summed E-state index contributed by atoms with van der Waals surface area (Å²) in [4.78, 5) is 3.49. The van der Waals surface area contributed by atoms with Crippen LogP contribution < -0.4 is 17.2 Å². The van der Waals surface area contributed by atoms with Crippen molar-refractivity contribution in [2.75, 3.05) is 5.73 Å². The van der Waals surface area contributed by atoms with Gasteiger partial charge in [-0.25, -0.2) is 4.98 Å². The van der Waals surface area contributed by atoms with Gasteiger partial charge in [0.2, 0.25) is 5.96 Å². The fourth-order valence-electron chi connectivity index (χ4n) is 0.736. The van der Waals surface area contributed by atoms with E-state index in [-0.39, 0.29) is 10.7 Å². The van der Waals surface area contributed by atoms with Gasteiger partial charge in [-0.05, 0) is 12.1 Å². The molecule has 6 N–H and O–H groups in total. The second-order valence-corrected chi connectivity index (χ2v) is 4.01. The molecule has 7 nitrogen and oxygen atoms in total. The smallest absolute Gasteiger partial charge is 0.287 e. The summed E-state index contributed by atoms with van der Waals surface area (Å²) in [6, 6.07) is 2.61. The van der Waals surface area contributed by atoms with Crippen molar-refractivity contribution < 1.29 is 8.42 Å². The van der Waals surface area contributed by atoms with Crippen molar-refractivity contribution in [3.8, 4) is 0 Å². The van der Waals surface area contributed by atoms with Gasteiger partial charge in [0.15, 0.2) is 0 Å². The van der Waals surface area contributed by atoms with Gasteiger partial charge in [0.25, 0.3) is 10.0 Å². The fourth-order valence-corrected chi connectivity index (χ4v) is 1.54. The highest BCUT2D eigenvalue weighted by Crippen LogP contribution is 2.11. The van der Waals surface area contributed by atoms with Gasteiger partial charge in [-0.15, -0.1) is 4.40 Å². The normalized spacial score (nSPS) is 10.9. The Kier molecular flexibility index (Phi) is 2.56. The van der Waals surface area contributed by atoms with E-state index in [1.54, 1.807) is 0 Å². The summed E-state index contributed by atoms with van der Waals surface area (Å²) in [5.74, 6) is -0.310. The van der Waals surface area contributed by atoms with Crippen LogP contribution in [0.1, 0.15) is 0 Å². The molecule has 8 heteroatoms. The zero-order valence-corrected chi connectivity index (χ0v) is 7.90. The van der Waals surface area contributed by atoms with Crippen molar-refractivity contribution in [2.24, 2.45) is 15.9 Å². The molecule has 0 radical (unpaired) electrons. The molecule has 0 unspecified atom stereocenters. The van der Waals surface area contributed by atoms with Gasteiger partial charge >= 0.3 is 0 Å². The number of sulfonamides is 1. The quantitative estimate of drug-likeness (QED) is 0.411. The van der Waals surface area contributed by atoms with Crippen LogP contribution in [-0.2, 0) is 10.0 Å². The van der Waals surface area contributed by atoms with Crippen molar-refractivity contribution in [3.63, 3.8) is 0 Å². The van der Waals surface area contributed by atoms with Crippen LogP contribution in [0.3, 0.4) is 0 Å². The predicted octanol–water partition coefficient (Wildman–Crippen LogP) is -1.37. The third kappa shape index (κ3) is 2.33. The first-order valence-corrected chi connectivity index (χ1v) is 4.93. The average molecular weight is 215 g/mol. The Labute approximate surface area is 80.7 Å². The largest absolute Gasteiger partial charge is 0.384 e. The highest BCUT2D eigenvalue weighted by Gasteiger charge is 2.12. The number of rotatable bonds is 2. The lowest BCUT2D eigenvalue weighted by molar-refractivity contribution is 0.597. The molecule has 0 aromatic carbocycles. The fraction of sp³-hybridized carbons (Fsp3) is 0. The van der Waals surface area contributed by atoms with Crippen LogP contribution in [0.5, 0.6) is 0 Å². The third-order valence-electron chi connectivity index (χ3n) is 1.28. The van der Waals surface area contributed by atoms with Crippen LogP contribution in [0.2, 0.25) is 0 Å². The highest BCUT2D eigenvalue weighted by molar-refractivity contribution is 7.90. The molecule has 0 saturated carbocycles. The van der Waals surface area contributed by atoms with Crippen LogP contribution in [-0.4, -0.2) is 19.4 Å². The van der Waals surface area contributed by atoms with Crippen molar-refractivity contribution >= 4 is 21.8 Å². The average Bonchev–Trinajstić information content (AvgIpc) is 2.02. The number of nitrogens with zero attached hydrogens (tertiary/aromatic N) is 2. The summed E-state index contributed by atoms with van der Waals surface area (Å²) < 4.78 is 25.7. The second-order valence-electron chi connectivity index (χ2n) is 2.41. The van der Waals surface area contributed by atoms with E-state index in [2.05, 4.69) is 9.38 Å². The lowest BCUT2D eigenvalue weighted by atomic mass is 10.5. The zero-order chi connectivity index (χ0) is 10.8. The maximum atomic E-state index is 11.3.